The normalized spacial score (nSPS) is 18.0. The Morgan fingerprint density at radius 1 is 1.23 bits per heavy atom. The van der Waals surface area contributed by atoms with E-state index in [2.05, 4.69) is 20.6 Å². The number of hydrogen-bond donors (Lipinski definition) is 2. The van der Waals surface area contributed by atoms with Crippen molar-refractivity contribution in [3.63, 3.8) is 0 Å². The number of carbonyl (C=O) groups excluding carboxylic acids is 2. The SMILES string of the molecule is CC(=O)NCC1CCC(F)(F)CN1C(=O)c1nc(Nc2cc(C)ccn2)ccc1C. The van der Waals surface area contributed by atoms with Gasteiger partial charge in [0.1, 0.15) is 17.3 Å². The van der Waals surface area contributed by atoms with Crippen molar-refractivity contribution in [2.75, 3.05) is 18.4 Å². The summed E-state index contributed by atoms with van der Waals surface area (Å²) in [6.07, 6.45) is 1.43. The number of carbonyl (C=O) groups is 2. The summed E-state index contributed by atoms with van der Waals surface area (Å²) >= 11 is 0. The molecule has 1 saturated heterocycles. The average molecular weight is 417 g/mol. The minimum Gasteiger partial charge on any atom is -0.354 e. The molecule has 1 aliphatic heterocycles. The van der Waals surface area contributed by atoms with Gasteiger partial charge in [-0.25, -0.2) is 18.7 Å². The summed E-state index contributed by atoms with van der Waals surface area (Å²) in [5.74, 6) is -2.87. The van der Waals surface area contributed by atoms with E-state index >= 15 is 0 Å². The van der Waals surface area contributed by atoms with Gasteiger partial charge in [0, 0.05) is 32.1 Å². The summed E-state index contributed by atoms with van der Waals surface area (Å²) in [5, 5.41) is 5.66. The lowest BCUT2D eigenvalue weighted by atomic mass is 9.98. The number of alkyl halides is 2. The lowest BCUT2D eigenvalue weighted by molar-refractivity contribution is -0.119. The van der Waals surface area contributed by atoms with Crippen molar-refractivity contribution in [3.8, 4) is 0 Å². The van der Waals surface area contributed by atoms with Gasteiger partial charge in [0.15, 0.2) is 0 Å². The van der Waals surface area contributed by atoms with E-state index in [0.29, 0.717) is 17.2 Å². The number of rotatable bonds is 5. The van der Waals surface area contributed by atoms with Crippen LogP contribution >= 0.6 is 0 Å². The van der Waals surface area contributed by atoms with Crippen LogP contribution in [0.5, 0.6) is 0 Å². The first-order valence-corrected chi connectivity index (χ1v) is 9.75. The van der Waals surface area contributed by atoms with Gasteiger partial charge in [0.2, 0.25) is 5.91 Å². The fourth-order valence-electron chi connectivity index (χ4n) is 3.39. The van der Waals surface area contributed by atoms with Crippen LogP contribution in [0.3, 0.4) is 0 Å². The molecule has 1 atom stereocenters. The molecule has 9 heteroatoms. The maximum absolute atomic E-state index is 14.1. The number of nitrogens with zero attached hydrogens (tertiary/aromatic N) is 3. The highest BCUT2D eigenvalue weighted by Crippen LogP contribution is 2.31. The Bertz CT molecular complexity index is 951. The van der Waals surface area contributed by atoms with Crippen LogP contribution in [0.1, 0.15) is 41.4 Å². The van der Waals surface area contributed by atoms with Gasteiger partial charge in [-0.3, -0.25) is 9.59 Å². The second kappa shape index (κ2) is 8.73. The highest BCUT2D eigenvalue weighted by molar-refractivity contribution is 5.94. The third kappa shape index (κ3) is 5.28. The van der Waals surface area contributed by atoms with Crippen molar-refractivity contribution in [1.82, 2.24) is 20.2 Å². The smallest absolute Gasteiger partial charge is 0.273 e. The van der Waals surface area contributed by atoms with Crippen LogP contribution in [0.4, 0.5) is 20.4 Å². The minimum atomic E-state index is -2.97. The van der Waals surface area contributed by atoms with Crippen LogP contribution in [0, 0.1) is 13.8 Å². The molecule has 3 heterocycles. The first kappa shape index (κ1) is 21.6. The summed E-state index contributed by atoms with van der Waals surface area (Å²) in [5.41, 5.74) is 1.68. The molecule has 0 aromatic carbocycles. The standard InChI is InChI=1S/C21H25F2N5O2/c1-13-7-9-24-18(10-13)26-17-5-4-14(2)19(27-17)20(30)28-12-21(22,23)8-6-16(28)11-25-15(3)29/h4-5,7,9-10,16H,6,8,11-12H2,1-3H3,(H,25,29)(H,24,26,27). The number of anilines is 2. The van der Waals surface area contributed by atoms with E-state index < -0.39 is 24.4 Å². The zero-order valence-electron chi connectivity index (χ0n) is 17.2. The Kier molecular flexibility index (Phi) is 6.28. The number of likely N-dealkylation sites (tertiary alicyclic amines) is 1. The summed E-state index contributed by atoms with van der Waals surface area (Å²) in [6, 6.07) is 6.59. The van der Waals surface area contributed by atoms with E-state index in [1.807, 2.05) is 19.1 Å². The number of halogens is 2. The van der Waals surface area contributed by atoms with Crippen LogP contribution in [-0.2, 0) is 4.79 Å². The molecule has 2 N–H and O–H groups in total. The number of hydrogen-bond acceptors (Lipinski definition) is 5. The van der Waals surface area contributed by atoms with Gasteiger partial charge < -0.3 is 15.5 Å². The molecule has 0 spiro atoms. The Hall–Kier alpha value is -3.10. The van der Waals surface area contributed by atoms with Gasteiger partial charge in [-0.1, -0.05) is 6.07 Å². The molecule has 0 aliphatic carbocycles. The van der Waals surface area contributed by atoms with E-state index in [1.165, 1.54) is 6.92 Å². The molecule has 160 valence electrons. The van der Waals surface area contributed by atoms with E-state index in [1.54, 1.807) is 25.3 Å². The van der Waals surface area contributed by atoms with Gasteiger partial charge in [-0.15, -0.1) is 0 Å². The van der Waals surface area contributed by atoms with Crippen molar-refractivity contribution in [1.29, 1.82) is 0 Å². The predicted octanol–water partition coefficient (Wildman–Crippen LogP) is 3.21. The maximum atomic E-state index is 14.1. The zero-order chi connectivity index (χ0) is 21.9. The van der Waals surface area contributed by atoms with E-state index in [9.17, 15) is 18.4 Å². The predicted molar refractivity (Wildman–Crippen MR) is 109 cm³/mol. The summed E-state index contributed by atoms with van der Waals surface area (Å²) in [6.45, 7) is 4.41. The largest absolute Gasteiger partial charge is 0.354 e. The van der Waals surface area contributed by atoms with Crippen LogP contribution < -0.4 is 10.6 Å². The molecular weight excluding hydrogens is 392 g/mol. The number of nitrogens with one attached hydrogen (secondary N) is 2. The summed E-state index contributed by atoms with van der Waals surface area (Å²) < 4.78 is 28.2. The zero-order valence-corrected chi connectivity index (χ0v) is 17.2. The van der Waals surface area contributed by atoms with E-state index in [-0.39, 0.29) is 31.0 Å². The van der Waals surface area contributed by atoms with Gasteiger partial charge >= 0.3 is 0 Å². The lowest BCUT2D eigenvalue weighted by Gasteiger charge is -2.39. The molecule has 2 aromatic heterocycles. The summed E-state index contributed by atoms with van der Waals surface area (Å²) in [4.78, 5) is 34.2. The Labute approximate surface area is 173 Å². The van der Waals surface area contributed by atoms with Crippen LogP contribution in [0.15, 0.2) is 30.5 Å². The van der Waals surface area contributed by atoms with Gasteiger partial charge in [-0.2, -0.15) is 0 Å². The third-order valence-electron chi connectivity index (χ3n) is 5.00. The maximum Gasteiger partial charge on any atom is 0.273 e. The molecule has 0 radical (unpaired) electrons. The molecule has 1 unspecified atom stereocenters. The molecule has 1 fully saturated rings. The lowest BCUT2D eigenvalue weighted by Crippen LogP contribution is -2.55. The van der Waals surface area contributed by atoms with Crippen molar-refractivity contribution >= 4 is 23.5 Å². The van der Waals surface area contributed by atoms with Gasteiger partial charge in [-0.05, 0) is 49.6 Å². The molecule has 1 aliphatic rings. The van der Waals surface area contributed by atoms with Gasteiger partial charge in [0.25, 0.3) is 11.8 Å². The molecular formula is C21H25F2N5O2. The van der Waals surface area contributed by atoms with Crippen LogP contribution in [0.25, 0.3) is 0 Å². The Balaban J connectivity index is 1.86. The second-order valence-electron chi connectivity index (χ2n) is 7.62. The number of pyridine rings is 2. The third-order valence-corrected chi connectivity index (χ3v) is 5.00. The number of amides is 2. The number of aromatic nitrogens is 2. The first-order chi connectivity index (χ1) is 14.1. The quantitative estimate of drug-likeness (QED) is 0.780. The molecule has 7 nitrogen and oxygen atoms in total. The molecule has 0 bridgehead atoms. The summed E-state index contributed by atoms with van der Waals surface area (Å²) in [7, 11) is 0. The van der Waals surface area contributed by atoms with E-state index in [0.717, 1.165) is 10.5 Å². The number of aryl methyl sites for hydroxylation is 2. The van der Waals surface area contributed by atoms with Crippen molar-refractivity contribution in [2.24, 2.45) is 0 Å². The van der Waals surface area contributed by atoms with Crippen molar-refractivity contribution in [3.05, 3.63) is 47.3 Å². The average Bonchev–Trinajstić information content (AvgIpc) is 2.67. The van der Waals surface area contributed by atoms with Crippen molar-refractivity contribution in [2.45, 2.75) is 45.6 Å². The first-order valence-electron chi connectivity index (χ1n) is 9.75. The molecule has 2 aromatic rings. The van der Waals surface area contributed by atoms with Gasteiger partial charge in [0.05, 0.1) is 6.54 Å². The molecule has 30 heavy (non-hydrogen) atoms. The van der Waals surface area contributed by atoms with Crippen LogP contribution in [-0.4, -0.2) is 51.7 Å². The minimum absolute atomic E-state index is 0.0955. The topological polar surface area (TPSA) is 87.2 Å². The fraction of sp³-hybridized carbons (Fsp3) is 0.429. The molecule has 3 rings (SSSR count). The highest BCUT2D eigenvalue weighted by Gasteiger charge is 2.42. The monoisotopic (exact) mass is 417 g/mol. The molecule has 0 saturated carbocycles. The number of piperidine rings is 1. The van der Waals surface area contributed by atoms with E-state index in [4.69, 9.17) is 0 Å². The van der Waals surface area contributed by atoms with Crippen molar-refractivity contribution < 1.29 is 18.4 Å². The Morgan fingerprint density at radius 2 is 2.00 bits per heavy atom. The highest BCUT2D eigenvalue weighted by atomic mass is 19.3. The Morgan fingerprint density at radius 3 is 2.70 bits per heavy atom. The van der Waals surface area contributed by atoms with Crippen LogP contribution in [0.2, 0.25) is 0 Å². The second-order valence-corrected chi connectivity index (χ2v) is 7.62. The molecule has 2 amide bonds. The fourth-order valence-corrected chi connectivity index (χ4v) is 3.39.